The van der Waals surface area contributed by atoms with Crippen molar-refractivity contribution in [1.82, 2.24) is 20.0 Å². The van der Waals surface area contributed by atoms with Crippen LogP contribution in [0.25, 0.3) is 0 Å². The zero-order valence-corrected chi connectivity index (χ0v) is 18.5. The predicted molar refractivity (Wildman–Crippen MR) is 118 cm³/mol. The Hall–Kier alpha value is -1.90. The van der Waals surface area contributed by atoms with Crippen molar-refractivity contribution in [2.24, 2.45) is 5.92 Å². The molecule has 1 fully saturated rings. The van der Waals surface area contributed by atoms with Crippen molar-refractivity contribution in [2.45, 2.75) is 55.9 Å². The Balaban J connectivity index is 1.99. The Labute approximate surface area is 178 Å². The molecular weight excluding hydrogens is 404 g/mol. The third-order valence-electron chi connectivity index (χ3n) is 5.78. The van der Waals surface area contributed by atoms with Gasteiger partial charge in [0, 0.05) is 37.4 Å². The van der Waals surface area contributed by atoms with E-state index in [0.717, 1.165) is 42.8 Å². The molecule has 156 valence electrons. The highest BCUT2D eigenvalue weighted by Crippen LogP contribution is 2.46. The lowest BCUT2D eigenvalue weighted by molar-refractivity contribution is 0.212. The summed E-state index contributed by atoms with van der Waals surface area (Å²) in [7, 11) is -3.67. The molecule has 6 nitrogen and oxygen atoms in total. The van der Waals surface area contributed by atoms with Crippen molar-refractivity contribution >= 4 is 27.2 Å². The zero-order chi connectivity index (χ0) is 20.9. The lowest BCUT2D eigenvalue weighted by Gasteiger charge is -2.47. The van der Waals surface area contributed by atoms with E-state index in [-0.39, 0.29) is 16.9 Å². The maximum atomic E-state index is 12.9. The summed E-state index contributed by atoms with van der Waals surface area (Å²) < 4.78 is 28.7. The highest BCUT2D eigenvalue weighted by Gasteiger charge is 2.48. The van der Waals surface area contributed by atoms with Crippen LogP contribution in [0.4, 0.5) is 0 Å². The first-order chi connectivity index (χ1) is 13.9. The Morgan fingerprint density at radius 1 is 1.24 bits per heavy atom. The van der Waals surface area contributed by atoms with Crippen molar-refractivity contribution in [2.75, 3.05) is 6.54 Å². The number of rotatable bonds is 7. The van der Waals surface area contributed by atoms with E-state index >= 15 is 0 Å². The summed E-state index contributed by atoms with van der Waals surface area (Å²) in [5.41, 5.74) is 0.595. The van der Waals surface area contributed by atoms with E-state index in [0.29, 0.717) is 0 Å². The third kappa shape index (κ3) is 4.49. The van der Waals surface area contributed by atoms with Crippen LogP contribution in [0.1, 0.15) is 45.1 Å². The Bertz CT molecular complexity index is 922. The number of nitrogens with zero attached hydrogens (tertiary/aromatic N) is 2. The number of thiocarbonyl (C=S) groups is 1. The lowest BCUT2D eigenvalue weighted by atomic mass is 9.60. The number of hydrogen-bond donors (Lipinski definition) is 2. The van der Waals surface area contributed by atoms with E-state index in [1.54, 1.807) is 24.5 Å². The van der Waals surface area contributed by atoms with E-state index < -0.39 is 15.4 Å². The summed E-state index contributed by atoms with van der Waals surface area (Å²) in [5, 5.41) is 3.35. The van der Waals surface area contributed by atoms with E-state index in [2.05, 4.69) is 26.1 Å². The summed E-state index contributed by atoms with van der Waals surface area (Å²) in [6.45, 7) is 4.68. The molecule has 0 bridgehead atoms. The molecule has 0 saturated heterocycles. The number of aromatic nitrogens is 2. The van der Waals surface area contributed by atoms with Gasteiger partial charge in [-0.25, -0.2) is 13.1 Å². The first-order valence-electron chi connectivity index (χ1n) is 10.0. The third-order valence-corrected chi connectivity index (χ3v) is 7.83. The van der Waals surface area contributed by atoms with E-state index in [9.17, 15) is 8.42 Å². The van der Waals surface area contributed by atoms with Crippen LogP contribution in [0.15, 0.2) is 53.9 Å². The fourth-order valence-corrected chi connectivity index (χ4v) is 6.26. The minimum Gasteiger partial charge on any atom is -0.379 e. The monoisotopic (exact) mass is 432 g/mol. The fraction of sp³-hybridized carbons (Fsp3) is 0.476. The van der Waals surface area contributed by atoms with Crippen LogP contribution in [-0.2, 0) is 15.4 Å². The largest absolute Gasteiger partial charge is 0.379 e. The molecule has 0 aromatic carbocycles. The minimum atomic E-state index is -3.67. The molecule has 8 heteroatoms. The molecule has 3 rings (SSSR count). The maximum Gasteiger partial charge on any atom is 0.242 e. The van der Waals surface area contributed by atoms with Gasteiger partial charge in [-0.3, -0.25) is 9.97 Å². The van der Waals surface area contributed by atoms with Crippen LogP contribution in [0, 0.1) is 5.92 Å². The molecule has 1 aliphatic rings. The van der Waals surface area contributed by atoms with Gasteiger partial charge >= 0.3 is 0 Å². The second kappa shape index (κ2) is 9.28. The van der Waals surface area contributed by atoms with Crippen LogP contribution in [0.3, 0.4) is 0 Å². The Kier molecular flexibility index (Phi) is 6.97. The van der Waals surface area contributed by atoms with Gasteiger partial charge in [-0.2, -0.15) is 0 Å². The topological polar surface area (TPSA) is 84.0 Å². The summed E-state index contributed by atoms with van der Waals surface area (Å²) in [6.07, 6.45) is 10.4. The van der Waals surface area contributed by atoms with E-state index in [4.69, 9.17) is 12.2 Å². The molecule has 0 spiro atoms. The zero-order valence-electron chi connectivity index (χ0n) is 16.8. The highest BCUT2D eigenvalue weighted by molar-refractivity contribution is 7.89. The second-order valence-electron chi connectivity index (χ2n) is 7.52. The van der Waals surface area contributed by atoms with Crippen molar-refractivity contribution in [1.29, 1.82) is 0 Å². The molecule has 2 aromatic heterocycles. The van der Waals surface area contributed by atoms with Crippen LogP contribution in [-0.4, -0.2) is 36.0 Å². The van der Waals surface area contributed by atoms with Crippen LogP contribution in [0.5, 0.6) is 0 Å². The number of nitrogens with one attached hydrogen (secondary N) is 2. The molecule has 1 aliphatic carbocycles. The lowest BCUT2D eigenvalue weighted by Crippen LogP contribution is -2.56. The maximum absolute atomic E-state index is 12.9. The summed E-state index contributed by atoms with van der Waals surface area (Å²) >= 11 is 5.87. The average molecular weight is 433 g/mol. The Morgan fingerprint density at radius 2 is 1.97 bits per heavy atom. The van der Waals surface area contributed by atoms with E-state index in [1.807, 2.05) is 26.1 Å². The van der Waals surface area contributed by atoms with Gasteiger partial charge in [0.05, 0.1) is 10.4 Å². The minimum absolute atomic E-state index is 0.0125. The number of likely N-dealkylation sites (N-methyl/N-ethyl adjacent to an activating group) is 1. The van der Waals surface area contributed by atoms with Gasteiger partial charge in [0.15, 0.2) is 0 Å². The standard InChI is InChI=1S/C21H28N4O2S2/c1-3-24-20(28)21(17-8-6-12-22-14-17)11-5-4-10-19(21)16(2)25-29(26,27)18-9-7-13-23-15-18/h6-9,12-16,19,25H,3-5,10-11H2,1-2H3,(H,24,28)/t16?,19-,21-/m1/s1. The molecule has 0 radical (unpaired) electrons. The molecule has 1 unspecified atom stereocenters. The first kappa shape index (κ1) is 21.8. The smallest absolute Gasteiger partial charge is 0.242 e. The normalized spacial score (nSPS) is 23.3. The molecule has 29 heavy (non-hydrogen) atoms. The molecule has 1 saturated carbocycles. The van der Waals surface area contributed by atoms with Crippen LogP contribution >= 0.6 is 12.2 Å². The van der Waals surface area contributed by atoms with Gasteiger partial charge in [0.1, 0.15) is 4.90 Å². The number of pyridine rings is 2. The van der Waals surface area contributed by atoms with Crippen LogP contribution in [0.2, 0.25) is 0 Å². The van der Waals surface area contributed by atoms with Gasteiger partial charge in [-0.1, -0.05) is 31.1 Å². The van der Waals surface area contributed by atoms with Crippen LogP contribution < -0.4 is 10.0 Å². The average Bonchev–Trinajstić information content (AvgIpc) is 2.74. The van der Waals surface area contributed by atoms with E-state index in [1.165, 1.54) is 6.20 Å². The molecular formula is C21H28N4O2S2. The van der Waals surface area contributed by atoms with Gasteiger partial charge in [-0.15, -0.1) is 0 Å². The Morgan fingerprint density at radius 3 is 2.59 bits per heavy atom. The van der Waals surface area contributed by atoms with Gasteiger partial charge < -0.3 is 5.32 Å². The van der Waals surface area contributed by atoms with Crippen molar-refractivity contribution in [3.63, 3.8) is 0 Å². The molecule has 3 atom stereocenters. The fourth-order valence-electron chi connectivity index (χ4n) is 4.49. The highest BCUT2D eigenvalue weighted by atomic mass is 32.2. The van der Waals surface area contributed by atoms with Crippen molar-refractivity contribution in [3.05, 3.63) is 54.6 Å². The van der Waals surface area contributed by atoms with Crippen molar-refractivity contribution in [3.8, 4) is 0 Å². The number of sulfonamides is 1. The molecule has 2 heterocycles. The first-order valence-corrected chi connectivity index (χ1v) is 11.9. The SMILES string of the molecule is CCNC(=S)[C@@]1(c2cccnc2)CCCC[C@@H]1C(C)NS(=O)(=O)c1cccnc1. The molecule has 0 amide bonds. The van der Waals surface area contributed by atoms with Gasteiger partial charge in [-0.05, 0) is 56.4 Å². The van der Waals surface area contributed by atoms with Crippen molar-refractivity contribution < 1.29 is 8.42 Å². The van der Waals surface area contributed by atoms with Gasteiger partial charge in [0.25, 0.3) is 0 Å². The molecule has 2 aromatic rings. The summed E-state index contributed by atoms with van der Waals surface area (Å²) in [5.74, 6) is 0.0125. The predicted octanol–water partition coefficient (Wildman–Crippen LogP) is 3.21. The van der Waals surface area contributed by atoms with Gasteiger partial charge in [0.2, 0.25) is 10.0 Å². The summed E-state index contributed by atoms with van der Waals surface area (Å²) in [4.78, 5) is 9.21. The second-order valence-corrected chi connectivity index (χ2v) is 9.65. The quantitative estimate of drug-likeness (QED) is 0.654. The molecule has 2 N–H and O–H groups in total. The summed E-state index contributed by atoms with van der Waals surface area (Å²) in [6, 6.07) is 6.84. The molecule has 0 aliphatic heterocycles. The number of hydrogen-bond acceptors (Lipinski definition) is 5.